The van der Waals surface area contributed by atoms with Gasteiger partial charge in [0, 0.05) is 0 Å². The molecule has 1 aromatic carbocycles. The number of nitrogens with zero attached hydrogens (tertiary/aromatic N) is 1. The summed E-state index contributed by atoms with van der Waals surface area (Å²) >= 11 is 0. The number of rotatable bonds is 3. The van der Waals surface area contributed by atoms with Crippen molar-refractivity contribution in [1.82, 2.24) is 10.2 Å². The Morgan fingerprint density at radius 2 is 2.05 bits per heavy atom. The van der Waals surface area contributed by atoms with E-state index in [1.165, 1.54) is 0 Å². The molecule has 0 radical (unpaired) electrons. The quantitative estimate of drug-likeness (QED) is 0.855. The van der Waals surface area contributed by atoms with Crippen LogP contribution in [-0.2, 0) is 25.5 Å². The predicted molar refractivity (Wildman–Crippen MR) is 74.9 cm³/mol. The molecule has 1 aromatic rings. The topological polar surface area (TPSA) is 84.9 Å². The molecule has 7 nitrogen and oxygen atoms in total. The minimum absolute atomic E-state index is 0.0690. The Hall–Kier alpha value is -2.41. The second-order valence-corrected chi connectivity index (χ2v) is 5.23. The molecule has 2 fully saturated rings. The molecule has 0 saturated carbocycles. The molecular weight excluding hydrogens is 288 g/mol. The highest BCUT2D eigenvalue weighted by Crippen LogP contribution is 2.19. The molecule has 3 rings (SSSR count). The van der Waals surface area contributed by atoms with Crippen LogP contribution in [0.1, 0.15) is 5.56 Å². The zero-order valence-electron chi connectivity index (χ0n) is 11.9. The number of imide groups is 1. The van der Waals surface area contributed by atoms with Crippen LogP contribution < -0.4 is 5.32 Å². The van der Waals surface area contributed by atoms with E-state index < -0.39 is 18.1 Å². The molecule has 0 aliphatic carbocycles. The summed E-state index contributed by atoms with van der Waals surface area (Å²) in [7, 11) is 0. The molecule has 116 valence electrons. The Bertz CT molecular complexity index is 579. The fraction of sp³-hybridized carbons (Fsp3) is 0.400. The first-order valence-electron chi connectivity index (χ1n) is 7.07. The summed E-state index contributed by atoms with van der Waals surface area (Å²) in [5, 5.41) is 2.55. The van der Waals surface area contributed by atoms with E-state index in [0.717, 1.165) is 10.5 Å². The number of ether oxygens (including phenoxy) is 2. The number of carbonyl (C=O) groups excluding carboxylic acids is 3. The number of hydrogen-bond donors (Lipinski definition) is 1. The van der Waals surface area contributed by atoms with Crippen molar-refractivity contribution in [1.29, 1.82) is 0 Å². The zero-order chi connectivity index (χ0) is 15.5. The fourth-order valence-corrected chi connectivity index (χ4v) is 2.57. The minimum atomic E-state index is -0.846. The summed E-state index contributed by atoms with van der Waals surface area (Å²) in [5.41, 5.74) is 1.02. The number of carbonyl (C=O) groups is 3. The Balaban J connectivity index is 1.70. The van der Waals surface area contributed by atoms with Gasteiger partial charge in [-0.1, -0.05) is 30.3 Å². The maximum Gasteiger partial charge on any atom is 0.417 e. The zero-order valence-corrected chi connectivity index (χ0v) is 11.9. The highest BCUT2D eigenvalue weighted by Gasteiger charge is 2.42. The van der Waals surface area contributed by atoms with Crippen molar-refractivity contribution >= 4 is 17.9 Å². The molecule has 0 unspecified atom stereocenters. The van der Waals surface area contributed by atoms with E-state index in [-0.39, 0.29) is 31.7 Å². The minimum Gasteiger partial charge on any atom is -0.447 e. The molecule has 22 heavy (non-hydrogen) atoms. The summed E-state index contributed by atoms with van der Waals surface area (Å²) in [6.07, 6.45) is -0.981. The third kappa shape index (κ3) is 2.94. The van der Waals surface area contributed by atoms with Gasteiger partial charge in [0.05, 0.1) is 12.6 Å². The van der Waals surface area contributed by atoms with Crippen molar-refractivity contribution in [3.63, 3.8) is 0 Å². The number of cyclic esters (lactones) is 1. The monoisotopic (exact) mass is 304 g/mol. The van der Waals surface area contributed by atoms with Crippen molar-refractivity contribution < 1.29 is 23.9 Å². The van der Waals surface area contributed by atoms with Crippen LogP contribution in [0.3, 0.4) is 0 Å². The van der Waals surface area contributed by atoms with Crippen LogP contribution in [0.25, 0.3) is 0 Å². The van der Waals surface area contributed by atoms with Crippen LogP contribution >= 0.6 is 0 Å². The first-order chi connectivity index (χ1) is 10.6. The van der Waals surface area contributed by atoms with E-state index in [2.05, 4.69) is 5.32 Å². The highest BCUT2D eigenvalue weighted by atomic mass is 16.6. The number of hydrogen-bond acceptors (Lipinski definition) is 5. The summed E-state index contributed by atoms with van der Waals surface area (Å²) in [4.78, 5) is 36.5. The molecule has 2 heterocycles. The highest BCUT2D eigenvalue weighted by molar-refractivity contribution is 5.97. The predicted octanol–water partition coefficient (Wildman–Crippen LogP) is 0.0915. The Kier molecular flexibility index (Phi) is 4.06. The van der Waals surface area contributed by atoms with Crippen LogP contribution in [0.5, 0.6) is 0 Å². The van der Waals surface area contributed by atoms with Gasteiger partial charge in [-0.25, -0.2) is 9.69 Å². The van der Waals surface area contributed by atoms with Gasteiger partial charge in [-0.05, 0) is 12.0 Å². The molecule has 7 heteroatoms. The van der Waals surface area contributed by atoms with Gasteiger partial charge in [0.2, 0.25) is 5.91 Å². The maximum absolute atomic E-state index is 12.5. The van der Waals surface area contributed by atoms with Crippen molar-refractivity contribution in [3.8, 4) is 0 Å². The first kappa shape index (κ1) is 14.5. The van der Waals surface area contributed by atoms with Crippen molar-refractivity contribution in [2.24, 2.45) is 0 Å². The van der Waals surface area contributed by atoms with Crippen molar-refractivity contribution in [3.05, 3.63) is 35.9 Å². The van der Waals surface area contributed by atoms with Crippen LogP contribution in [-0.4, -0.2) is 54.7 Å². The summed E-state index contributed by atoms with van der Waals surface area (Å²) < 4.78 is 10.2. The standard InChI is InChI=1S/C15H16N2O5/c18-13-9-21-12(7-16-13)14(19)17-11(8-22-15(17)20)6-10-4-2-1-3-5-10/h1-5,11-12H,6-9H2,(H,16,18)/t11-,12-/m1/s1. The van der Waals surface area contributed by atoms with Gasteiger partial charge in [-0.3, -0.25) is 9.59 Å². The molecule has 1 N–H and O–H groups in total. The SMILES string of the molecule is O=C1CO[C@@H](C(=O)N2C(=O)OC[C@H]2Cc2ccccc2)CN1. The van der Waals surface area contributed by atoms with Gasteiger partial charge >= 0.3 is 6.09 Å². The number of amides is 3. The first-order valence-corrected chi connectivity index (χ1v) is 7.07. The molecular formula is C15H16N2O5. The average Bonchev–Trinajstić information content (AvgIpc) is 2.89. The number of benzene rings is 1. The average molecular weight is 304 g/mol. The Morgan fingerprint density at radius 3 is 2.73 bits per heavy atom. The van der Waals surface area contributed by atoms with Crippen LogP contribution in [0.4, 0.5) is 4.79 Å². The lowest BCUT2D eigenvalue weighted by atomic mass is 10.1. The second-order valence-electron chi connectivity index (χ2n) is 5.23. The lowest BCUT2D eigenvalue weighted by molar-refractivity contribution is -0.149. The fourth-order valence-electron chi connectivity index (χ4n) is 2.57. The van der Waals surface area contributed by atoms with E-state index >= 15 is 0 Å². The van der Waals surface area contributed by atoms with Gasteiger partial charge in [0.25, 0.3) is 5.91 Å². The Morgan fingerprint density at radius 1 is 1.27 bits per heavy atom. The van der Waals surface area contributed by atoms with Crippen LogP contribution in [0.15, 0.2) is 30.3 Å². The lowest BCUT2D eigenvalue weighted by Crippen LogP contribution is -2.53. The largest absolute Gasteiger partial charge is 0.447 e. The molecule has 3 amide bonds. The summed E-state index contributed by atoms with van der Waals surface area (Å²) in [6.45, 7) is 0.0562. The summed E-state index contributed by atoms with van der Waals surface area (Å²) in [6, 6.07) is 9.22. The molecule has 0 bridgehead atoms. The molecule has 0 aromatic heterocycles. The third-order valence-electron chi connectivity index (χ3n) is 3.69. The third-order valence-corrected chi connectivity index (χ3v) is 3.69. The molecule has 2 aliphatic rings. The van der Waals surface area contributed by atoms with Gasteiger partial charge in [0.1, 0.15) is 13.2 Å². The van der Waals surface area contributed by atoms with Gasteiger partial charge < -0.3 is 14.8 Å². The second kappa shape index (κ2) is 6.15. The van der Waals surface area contributed by atoms with E-state index in [0.29, 0.717) is 6.42 Å². The van der Waals surface area contributed by atoms with Gasteiger partial charge in [-0.2, -0.15) is 0 Å². The Labute approximate surface area is 127 Å². The van der Waals surface area contributed by atoms with E-state index in [1.54, 1.807) is 0 Å². The van der Waals surface area contributed by atoms with Crippen LogP contribution in [0, 0.1) is 0 Å². The van der Waals surface area contributed by atoms with Gasteiger partial charge in [0.15, 0.2) is 6.10 Å². The molecule has 2 atom stereocenters. The number of nitrogens with one attached hydrogen (secondary N) is 1. The molecule has 2 saturated heterocycles. The normalized spacial score (nSPS) is 24.8. The smallest absolute Gasteiger partial charge is 0.417 e. The van der Waals surface area contributed by atoms with Crippen molar-refractivity contribution in [2.75, 3.05) is 19.8 Å². The van der Waals surface area contributed by atoms with E-state index in [1.807, 2.05) is 30.3 Å². The maximum atomic E-state index is 12.5. The van der Waals surface area contributed by atoms with E-state index in [9.17, 15) is 14.4 Å². The van der Waals surface area contributed by atoms with E-state index in [4.69, 9.17) is 9.47 Å². The summed E-state index contributed by atoms with van der Waals surface area (Å²) in [5.74, 6) is -0.739. The lowest BCUT2D eigenvalue weighted by Gasteiger charge is -2.27. The van der Waals surface area contributed by atoms with Crippen molar-refractivity contribution in [2.45, 2.75) is 18.6 Å². The number of morpholine rings is 1. The molecule has 0 spiro atoms. The molecule has 2 aliphatic heterocycles. The van der Waals surface area contributed by atoms with Crippen LogP contribution in [0.2, 0.25) is 0 Å². The van der Waals surface area contributed by atoms with Gasteiger partial charge in [-0.15, -0.1) is 0 Å².